The number of rotatable bonds is 6. The molecule has 2 aliphatic heterocycles. The Balaban J connectivity index is 0.661. The molecule has 5 nitrogen and oxygen atoms in total. The minimum Gasteiger partial charge on any atom is -0.309 e. The van der Waals surface area contributed by atoms with Crippen molar-refractivity contribution in [1.82, 2.24) is 18.7 Å². The Labute approximate surface area is 570 Å². The van der Waals surface area contributed by atoms with Gasteiger partial charge in [0.2, 0.25) is 0 Å². The van der Waals surface area contributed by atoms with Crippen LogP contribution in [0.4, 0.5) is 0 Å². The van der Waals surface area contributed by atoms with Gasteiger partial charge in [-0.2, -0.15) is 5.26 Å². The minimum absolute atomic E-state index is 0.517. The highest BCUT2D eigenvalue weighted by Gasteiger charge is 2.53. The van der Waals surface area contributed by atoms with E-state index in [0.29, 0.717) is 5.56 Å². The maximum atomic E-state index is 9.79. The SMILES string of the molecule is N#Cc1cccc(-c2cccc(-c3ccc4c(c3)C3(c5ccccc5-4)c4ccccc4-n4c5ccc(-c6cccc(-c7nc8ccccc8n7-c7cccc(-c8ccc9c(c8)-c8ccccc8C98c9ccccc9-n9c%10ccccc%10c%10cccc8c%109)c7)c6)cc5c5cccc3c54)c2)c1. The normalized spacial score (nSPS) is 15.5. The Hall–Kier alpha value is -13.1. The van der Waals surface area contributed by atoms with Crippen LogP contribution < -0.4 is 0 Å². The van der Waals surface area contributed by atoms with E-state index in [1.54, 1.807) is 0 Å². The monoisotopic (exact) mass is 1250 g/mol. The number of nitrogens with zero attached hydrogens (tertiary/aromatic N) is 5. The number of hydrogen-bond acceptors (Lipinski definition) is 2. The van der Waals surface area contributed by atoms with Crippen molar-refractivity contribution in [3.05, 3.63) is 384 Å². The molecule has 5 heterocycles. The van der Waals surface area contributed by atoms with E-state index in [1.165, 1.54) is 122 Å². The molecule has 3 aromatic heterocycles. The fourth-order valence-electron chi connectivity index (χ4n) is 18.5. The Morgan fingerprint density at radius 3 is 1.43 bits per heavy atom. The first-order valence-corrected chi connectivity index (χ1v) is 34.1. The van der Waals surface area contributed by atoms with Crippen LogP contribution in [0.1, 0.15) is 50.1 Å². The quantitative estimate of drug-likeness (QED) is 0.167. The molecule has 0 radical (unpaired) electrons. The van der Waals surface area contributed by atoms with Gasteiger partial charge in [-0.05, 0) is 202 Å². The summed E-state index contributed by atoms with van der Waals surface area (Å²) >= 11 is 0. The maximum absolute atomic E-state index is 9.79. The van der Waals surface area contributed by atoms with Gasteiger partial charge in [0, 0.05) is 32.8 Å². The lowest BCUT2D eigenvalue weighted by molar-refractivity contribution is 0.748. The van der Waals surface area contributed by atoms with Gasteiger partial charge in [0.05, 0.1) is 66.9 Å². The topological polar surface area (TPSA) is 51.5 Å². The Bertz CT molecular complexity index is 6660. The molecule has 2 aliphatic carbocycles. The molecule has 0 saturated heterocycles. The van der Waals surface area contributed by atoms with Gasteiger partial charge in [0.25, 0.3) is 0 Å². The third-order valence-corrected chi connectivity index (χ3v) is 22.5. The molecule has 18 aromatic rings. The fraction of sp³-hybridized carbons (Fsp3) is 0.0213. The summed E-state index contributed by atoms with van der Waals surface area (Å²) < 4.78 is 7.40. The van der Waals surface area contributed by atoms with Crippen molar-refractivity contribution in [2.75, 3.05) is 0 Å². The molecule has 2 spiro atoms. The molecule has 4 aliphatic rings. The van der Waals surface area contributed by atoms with Crippen LogP contribution in [0.2, 0.25) is 0 Å². The molecule has 456 valence electrons. The zero-order valence-electron chi connectivity index (χ0n) is 53.5. The molecule has 2 atom stereocenters. The molecule has 5 heteroatoms. The van der Waals surface area contributed by atoms with Gasteiger partial charge >= 0.3 is 0 Å². The van der Waals surface area contributed by atoms with Gasteiger partial charge in [-0.1, -0.05) is 243 Å². The molecular weight excluding hydrogens is 1200 g/mol. The number of nitriles is 1. The first kappa shape index (κ1) is 54.1. The van der Waals surface area contributed by atoms with Crippen molar-refractivity contribution in [1.29, 1.82) is 5.26 Å². The summed E-state index contributed by atoms with van der Waals surface area (Å²) in [6.07, 6.45) is 0. The Morgan fingerprint density at radius 2 is 0.717 bits per heavy atom. The zero-order valence-corrected chi connectivity index (χ0v) is 53.5. The first-order chi connectivity index (χ1) is 49.0. The molecule has 22 rings (SSSR count). The van der Waals surface area contributed by atoms with Crippen LogP contribution in [0.5, 0.6) is 0 Å². The van der Waals surface area contributed by atoms with Crippen LogP contribution in [0, 0.1) is 11.3 Å². The highest BCUT2D eigenvalue weighted by atomic mass is 15.1. The second-order valence-electron chi connectivity index (χ2n) is 27.1. The van der Waals surface area contributed by atoms with Crippen molar-refractivity contribution in [3.63, 3.8) is 0 Å². The zero-order chi connectivity index (χ0) is 64.8. The summed E-state index contributed by atoms with van der Waals surface area (Å²) in [4.78, 5) is 5.48. The van der Waals surface area contributed by atoms with E-state index in [1.807, 2.05) is 18.2 Å². The second-order valence-corrected chi connectivity index (χ2v) is 27.1. The summed E-state index contributed by atoms with van der Waals surface area (Å²) in [6, 6.07) is 126. The number of imidazole rings is 1. The fourth-order valence-corrected chi connectivity index (χ4v) is 18.5. The van der Waals surface area contributed by atoms with Crippen molar-refractivity contribution in [3.8, 4) is 101 Å². The molecule has 0 fully saturated rings. The van der Waals surface area contributed by atoms with Crippen molar-refractivity contribution < 1.29 is 0 Å². The lowest BCUT2D eigenvalue weighted by Crippen LogP contribution is -2.33. The molecule has 15 aromatic carbocycles. The number of para-hydroxylation sites is 7. The van der Waals surface area contributed by atoms with Crippen LogP contribution in [-0.4, -0.2) is 18.7 Å². The van der Waals surface area contributed by atoms with Crippen LogP contribution in [0.3, 0.4) is 0 Å². The molecule has 0 amide bonds. The molecule has 99 heavy (non-hydrogen) atoms. The Morgan fingerprint density at radius 1 is 0.263 bits per heavy atom. The summed E-state index contributed by atoms with van der Waals surface area (Å²) in [5.74, 6) is 0.885. The van der Waals surface area contributed by atoms with Gasteiger partial charge < -0.3 is 9.13 Å². The maximum Gasteiger partial charge on any atom is 0.145 e. The van der Waals surface area contributed by atoms with Crippen molar-refractivity contribution in [2.45, 2.75) is 10.8 Å². The van der Waals surface area contributed by atoms with Gasteiger partial charge in [-0.3, -0.25) is 4.57 Å². The van der Waals surface area contributed by atoms with Gasteiger partial charge in [-0.15, -0.1) is 0 Å². The van der Waals surface area contributed by atoms with Crippen LogP contribution in [0.15, 0.2) is 334 Å². The average Bonchev–Trinajstić information content (AvgIpc) is 1.53. The van der Waals surface area contributed by atoms with Crippen LogP contribution in [-0.2, 0) is 10.8 Å². The van der Waals surface area contributed by atoms with E-state index in [4.69, 9.17) is 4.98 Å². The average molecular weight is 1250 g/mol. The van der Waals surface area contributed by atoms with Crippen molar-refractivity contribution in [2.24, 2.45) is 0 Å². The van der Waals surface area contributed by atoms with E-state index in [0.717, 1.165) is 72.6 Å². The van der Waals surface area contributed by atoms with Gasteiger partial charge in [0.1, 0.15) is 5.82 Å². The minimum atomic E-state index is -0.608. The molecule has 0 saturated carbocycles. The lowest BCUT2D eigenvalue weighted by atomic mass is 9.65. The van der Waals surface area contributed by atoms with E-state index in [9.17, 15) is 5.26 Å². The molecule has 2 unspecified atom stereocenters. The van der Waals surface area contributed by atoms with Gasteiger partial charge in [0.15, 0.2) is 0 Å². The van der Waals surface area contributed by atoms with E-state index in [2.05, 4.69) is 335 Å². The van der Waals surface area contributed by atoms with Crippen LogP contribution in [0.25, 0.3) is 150 Å². The highest BCUT2D eigenvalue weighted by Crippen LogP contribution is 2.64. The number of fused-ring (bicyclic) bond motifs is 25. The third kappa shape index (κ3) is 7.13. The molecule has 0 bridgehead atoms. The van der Waals surface area contributed by atoms with E-state index in [-0.39, 0.29) is 0 Å². The summed E-state index contributed by atoms with van der Waals surface area (Å²) in [5.41, 5.74) is 35.3. The van der Waals surface area contributed by atoms with E-state index < -0.39 is 10.8 Å². The standard InChI is InChI=1S/C94H55N5/c95-56-57-19-13-20-58(49-57)59-21-14-22-60(50-59)65-43-46-70-68-27-1-4-32-76(68)94(83(70)55-65)80-35-7-11-41-88(80)99-86-48-45-64(54-75(86)73-31-18-37-82(94)91(73)99)61-23-15-25-66(51-61)92-96-84-38-8-12-42-89(84)97(92)67-26-16-24-62(52-67)63-44-47-78-74(53-63)69-28-2-5-33-77(69)93(78)79-34-6-10-40-87(79)98-85-39-9-3-29-71(85)72-30-17-36-81(93)90(72)98/h1-55H. The summed E-state index contributed by atoms with van der Waals surface area (Å²) in [7, 11) is 0. The number of aromatic nitrogens is 4. The second kappa shape index (κ2) is 20.0. The van der Waals surface area contributed by atoms with E-state index >= 15 is 0 Å². The van der Waals surface area contributed by atoms with Gasteiger partial charge in [-0.25, -0.2) is 4.98 Å². The molecular formula is C94H55N5. The summed E-state index contributed by atoms with van der Waals surface area (Å²) in [6.45, 7) is 0. The third-order valence-electron chi connectivity index (χ3n) is 22.5. The highest BCUT2D eigenvalue weighted by molar-refractivity contribution is 6.15. The summed E-state index contributed by atoms with van der Waals surface area (Å²) in [5, 5.41) is 14.8. The smallest absolute Gasteiger partial charge is 0.145 e. The first-order valence-electron chi connectivity index (χ1n) is 34.1. The number of benzene rings is 15. The largest absolute Gasteiger partial charge is 0.309 e. The van der Waals surface area contributed by atoms with Crippen molar-refractivity contribution >= 4 is 54.6 Å². The van der Waals surface area contributed by atoms with Crippen LogP contribution >= 0.6 is 0 Å². The predicted molar refractivity (Wildman–Crippen MR) is 403 cm³/mol. The molecule has 0 N–H and O–H groups in total. The lowest BCUT2D eigenvalue weighted by Gasteiger charge is -2.39. The Kier molecular flexibility index (Phi) is 10.9. The number of hydrogen-bond donors (Lipinski definition) is 0. The predicted octanol–water partition coefficient (Wildman–Crippen LogP) is 22.8.